The van der Waals surface area contributed by atoms with Gasteiger partial charge < -0.3 is 5.32 Å². The van der Waals surface area contributed by atoms with Gasteiger partial charge in [0.2, 0.25) is 0 Å². The highest BCUT2D eigenvalue weighted by Crippen LogP contribution is 2.51. The minimum Gasteiger partial charge on any atom is -0.316 e. The quantitative estimate of drug-likeness (QED) is 0.553. The van der Waals surface area contributed by atoms with Crippen molar-refractivity contribution in [1.82, 2.24) is 10.8 Å². The van der Waals surface area contributed by atoms with E-state index < -0.39 is 21.0 Å². The molecule has 2 aliphatic rings. The molecule has 1 aliphatic heterocycles. The lowest BCUT2D eigenvalue weighted by atomic mass is 9.70. The first-order valence-electron chi connectivity index (χ1n) is 7.34. The molecule has 2 atom stereocenters. The number of aryl methyl sites for hydroxylation is 1. The van der Waals surface area contributed by atoms with Crippen LogP contribution in [0.15, 0.2) is 18.2 Å². The van der Waals surface area contributed by atoms with E-state index in [4.69, 9.17) is 5.21 Å². The summed E-state index contributed by atoms with van der Waals surface area (Å²) in [5.41, 5.74) is 3.26. The Morgan fingerprint density at radius 2 is 2.18 bits per heavy atom. The number of rotatable bonds is 2. The van der Waals surface area contributed by atoms with Crippen molar-refractivity contribution in [2.24, 2.45) is 5.41 Å². The molecule has 1 heterocycles. The molecule has 1 aliphatic carbocycles. The number of amides is 1. The molecule has 6 nitrogen and oxygen atoms in total. The normalized spacial score (nSPS) is 27.6. The van der Waals surface area contributed by atoms with Crippen LogP contribution in [-0.4, -0.2) is 38.9 Å². The van der Waals surface area contributed by atoms with Crippen molar-refractivity contribution in [3.63, 3.8) is 0 Å². The number of hydrogen-bond donors (Lipinski definition) is 3. The monoisotopic (exact) mass is 324 g/mol. The fourth-order valence-electron chi connectivity index (χ4n) is 4.00. The van der Waals surface area contributed by atoms with E-state index in [-0.39, 0.29) is 11.0 Å². The number of fused-ring (bicyclic) bond motifs is 1. The minimum atomic E-state index is -3.31. The third-order valence-corrected chi connectivity index (χ3v) is 6.56. The second-order valence-corrected chi connectivity index (χ2v) is 8.48. The number of sulfone groups is 1. The summed E-state index contributed by atoms with van der Waals surface area (Å²) in [4.78, 5) is 11.6. The second kappa shape index (κ2) is 5.33. The third-order valence-electron chi connectivity index (χ3n) is 4.95. The molecular weight excluding hydrogens is 304 g/mol. The zero-order chi connectivity index (χ0) is 16.0. The number of benzene rings is 1. The fourth-order valence-corrected chi connectivity index (χ4v) is 5.91. The van der Waals surface area contributed by atoms with Crippen LogP contribution in [0.4, 0.5) is 0 Å². The molecule has 1 aromatic rings. The highest BCUT2D eigenvalue weighted by Gasteiger charge is 2.49. The molecule has 2 unspecified atom stereocenters. The predicted octanol–water partition coefficient (Wildman–Crippen LogP) is 0.817. The van der Waals surface area contributed by atoms with Crippen molar-refractivity contribution in [2.45, 2.75) is 24.5 Å². The number of hydrogen-bond acceptors (Lipinski definition) is 5. The molecule has 1 saturated heterocycles. The Hall–Kier alpha value is -1.44. The third kappa shape index (κ3) is 2.43. The minimum absolute atomic E-state index is 0.276. The van der Waals surface area contributed by atoms with Crippen molar-refractivity contribution >= 4 is 15.7 Å². The Morgan fingerprint density at radius 3 is 2.77 bits per heavy atom. The van der Waals surface area contributed by atoms with E-state index in [2.05, 4.69) is 5.32 Å². The summed E-state index contributed by atoms with van der Waals surface area (Å²) in [5, 5.41) is 11.5. The Kier molecular flexibility index (Phi) is 3.74. The summed E-state index contributed by atoms with van der Waals surface area (Å²) < 4.78 is 25.0. The van der Waals surface area contributed by atoms with E-state index in [0.717, 1.165) is 31.4 Å². The average molecular weight is 324 g/mol. The van der Waals surface area contributed by atoms with Crippen LogP contribution in [0.5, 0.6) is 0 Å². The van der Waals surface area contributed by atoms with E-state index in [9.17, 15) is 13.2 Å². The van der Waals surface area contributed by atoms with Crippen molar-refractivity contribution in [3.05, 3.63) is 34.9 Å². The molecule has 3 rings (SSSR count). The molecule has 7 heteroatoms. The van der Waals surface area contributed by atoms with Crippen LogP contribution in [0.2, 0.25) is 0 Å². The molecule has 0 bridgehead atoms. The van der Waals surface area contributed by atoms with Crippen LogP contribution >= 0.6 is 0 Å². The van der Waals surface area contributed by atoms with Crippen molar-refractivity contribution in [3.8, 4) is 0 Å². The van der Waals surface area contributed by atoms with E-state index in [1.807, 2.05) is 0 Å². The Balaban J connectivity index is 2.16. The molecule has 1 fully saturated rings. The second-order valence-electron chi connectivity index (χ2n) is 6.35. The van der Waals surface area contributed by atoms with Crippen LogP contribution in [0.3, 0.4) is 0 Å². The molecule has 0 aromatic heterocycles. The number of hydroxylamine groups is 1. The standard InChI is InChI=1S/C15H20N2O4S/c1-22(20,21)13-12-8-11(14(18)17-19)3-2-10(12)4-5-15(13)6-7-16-9-15/h2-3,8,13,16,19H,4-7,9H2,1H3,(H,17,18). The lowest BCUT2D eigenvalue weighted by Crippen LogP contribution is -2.39. The van der Waals surface area contributed by atoms with Gasteiger partial charge in [-0.3, -0.25) is 10.0 Å². The molecule has 120 valence electrons. The van der Waals surface area contributed by atoms with Gasteiger partial charge in [-0.15, -0.1) is 0 Å². The summed E-state index contributed by atoms with van der Waals surface area (Å²) >= 11 is 0. The van der Waals surface area contributed by atoms with Crippen molar-refractivity contribution in [2.75, 3.05) is 19.3 Å². The summed E-state index contributed by atoms with van der Waals surface area (Å²) in [6.45, 7) is 1.50. The lowest BCUT2D eigenvalue weighted by molar-refractivity contribution is 0.0706. The first-order chi connectivity index (χ1) is 10.4. The van der Waals surface area contributed by atoms with Gasteiger partial charge in [0, 0.05) is 23.8 Å². The van der Waals surface area contributed by atoms with E-state index in [1.54, 1.807) is 23.7 Å². The Labute approximate surface area is 129 Å². The Bertz CT molecular complexity index is 708. The van der Waals surface area contributed by atoms with Gasteiger partial charge in [-0.25, -0.2) is 13.9 Å². The molecule has 1 spiro atoms. The molecular formula is C15H20N2O4S. The molecule has 22 heavy (non-hydrogen) atoms. The summed E-state index contributed by atoms with van der Waals surface area (Å²) in [6.07, 6.45) is 3.73. The van der Waals surface area contributed by atoms with Gasteiger partial charge >= 0.3 is 0 Å². The van der Waals surface area contributed by atoms with Gasteiger partial charge in [0.1, 0.15) is 0 Å². The maximum atomic E-state index is 12.5. The fraction of sp³-hybridized carbons (Fsp3) is 0.533. The predicted molar refractivity (Wildman–Crippen MR) is 81.5 cm³/mol. The topological polar surface area (TPSA) is 95.5 Å². The highest BCUT2D eigenvalue weighted by molar-refractivity contribution is 7.91. The van der Waals surface area contributed by atoms with Crippen LogP contribution in [0.1, 0.15) is 39.6 Å². The van der Waals surface area contributed by atoms with E-state index >= 15 is 0 Å². The molecule has 3 N–H and O–H groups in total. The summed E-state index contributed by atoms with van der Waals surface area (Å²) in [5.74, 6) is -0.626. The number of carbonyl (C=O) groups excluding carboxylic acids is 1. The molecule has 0 saturated carbocycles. The van der Waals surface area contributed by atoms with Crippen molar-refractivity contribution < 1.29 is 18.4 Å². The first-order valence-corrected chi connectivity index (χ1v) is 9.30. The van der Waals surface area contributed by atoms with E-state index in [1.165, 1.54) is 6.26 Å². The van der Waals surface area contributed by atoms with Crippen molar-refractivity contribution in [1.29, 1.82) is 0 Å². The van der Waals surface area contributed by atoms with Gasteiger partial charge in [-0.05, 0) is 49.1 Å². The van der Waals surface area contributed by atoms with Gasteiger partial charge in [-0.2, -0.15) is 0 Å². The summed E-state index contributed by atoms with van der Waals surface area (Å²) in [7, 11) is -3.31. The maximum Gasteiger partial charge on any atom is 0.274 e. The SMILES string of the molecule is CS(=O)(=O)C1c2cc(C(=O)NO)ccc2CCC12CCNC2. The maximum absolute atomic E-state index is 12.5. The smallest absolute Gasteiger partial charge is 0.274 e. The molecule has 1 amide bonds. The van der Waals surface area contributed by atoms with E-state index in [0.29, 0.717) is 12.1 Å². The Morgan fingerprint density at radius 1 is 1.41 bits per heavy atom. The zero-order valence-electron chi connectivity index (χ0n) is 12.4. The van der Waals surface area contributed by atoms with Gasteiger partial charge in [0.05, 0.1) is 5.25 Å². The van der Waals surface area contributed by atoms with Crippen LogP contribution < -0.4 is 10.8 Å². The van der Waals surface area contributed by atoms with Gasteiger partial charge in [0.25, 0.3) is 5.91 Å². The number of nitrogens with one attached hydrogen (secondary N) is 2. The van der Waals surface area contributed by atoms with Crippen LogP contribution in [-0.2, 0) is 16.3 Å². The van der Waals surface area contributed by atoms with Crippen LogP contribution in [0, 0.1) is 5.41 Å². The van der Waals surface area contributed by atoms with Crippen LogP contribution in [0.25, 0.3) is 0 Å². The molecule has 1 aromatic carbocycles. The average Bonchev–Trinajstić information content (AvgIpc) is 2.92. The van der Waals surface area contributed by atoms with Gasteiger partial charge in [-0.1, -0.05) is 6.07 Å². The first kappa shape index (κ1) is 15.5. The lowest BCUT2D eigenvalue weighted by Gasteiger charge is -2.41. The number of carbonyl (C=O) groups is 1. The summed E-state index contributed by atoms with van der Waals surface area (Å²) in [6, 6.07) is 5.04. The highest BCUT2D eigenvalue weighted by atomic mass is 32.2. The molecule has 0 radical (unpaired) electrons. The van der Waals surface area contributed by atoms with Gasteiger partial charge in [0.15, 0.2) is 9.84 Å². The largest absolute Gasteiger partial charge is 0.316 e. The zero-order valence-corrected chi connectivity index (χ0v) is 13.2.